The van der Waals surface area contributed by atoms with Crippen LogP contribution in [0.15, 0.2) is 28.7 Å². The molecule has 1 aromatic carbocycles. The number of β-lactam (4-membered cyclic amide) rings is 1. The summed E-state index contributed by atoms with van der Waals surface area (Å²) < 4.78 is 41.7. The molecule has 0 radical (unpaired) electrons. The molecule has 1 aliphatic carbocycles. The van der Waals surface area contributed by atoms with Crippen molar-refractivity contribution in [2.75, 3.05) is 5.73 Å². The molecule has 20 heteroatoms. The zero-order valence-electron chi connectivity index (χ0n) is 26.8. The number of aliphatic carboxylic acids is 1. The number of benzene rings is 1. The molecule has 1 saturated carbocycles. The third-order valence-electron chi connectivity index (χ3n) is 8.88. The number of hydrogen-bond acceptors (Lipinski definition) is 14. The number of carboxylic acid groups (broad SMARTS) is 1. The average molecular weight is 723 g/mol. The Hall–Kier alpha value is -4.37. The third-order valence-corrected chi connectivity index (χ3v) is 9.89. The van der Waals surface area contributed by atoms with Crippen LogP contribution in [-0.4, -0.2) is 92.8 Å². The van der Waals surface area contributed by atoms with E-state index >= 15 is 0 Å². The van der Waals surface area contributed by atoms with Crippen molar-refractivity contribution >= 4 is 56.2 Å². The van der Waals surface area contributed by atoms with Crippen molar-refractivity contribution in [3.05, 3.63) is 40.4 Å². The molecule has 9 N–H and O–H groups in total. The maximum atomic E-state index is 13.5. The molecule has 2 aliphatic heterocycles. The first-order valence-corrected chi connectivity index (χ1v) is 17.6. The lowest BCUT2D eigenvalue weighted by Crippen LogP contribution is -2.76. The average Bonchev–Trinajstić information content (AvgIpc) is 3.47. The highest BCUT2D eigenvalue weighted by molar-refractivity contribution is 7.80. The number of thiazole rings is 1. The Labute approximate surface area is 285 Å². The molecule has 18 nitrogen and oxygen atoms in total. The van der Waals surface area contributed by atoms with Crippen molar-refractivity contribution in [3.8, 4) is 5.75 Å². The summed E-state index contributed by atoms with van der Waals surface area (Å²) in [5.74, 6) is -2.77. The van der Waals surface area contributed by atoms with Gasteiger partial charge in [0.25, 0.3) is 17.4 Å². The number of hydroxylamine groups is 2. The molecule has 5 rings (SSSR count). The van der Waals surface area contributed by atoms with Gasteiger partial charge in [-0.2, -0.15) is 13.5 Å². The highest BCUT2D eigenvalue weighted by atomic mass is 32.3. The molecule has 49 heavy (non-hydrogen) atoms. The number of nitrogens with zero attached hydrogens (tertiary/aromatic N) is 3. The minimum atomic E-state index is -5.03. The maximum Gasteiger partial charge on any atom is 0.418 e. The number of carboxylic acids is 1. The van der Waals surface area contributed by atoms with E-state index in [0.29, 0.717) is 22.8 Å². The van der Waals surface area contributed by atoms with Crippen LogP contribution in [0.1, 0.15) is 69.7 Å². The first kappa shape index (κ1) is 35.9. The molecular formula is C29H38N8O10S2. The molecule has 266 valence electrons. The second kappa shape index (κ2) is 13.5. The lowest BCUT2D eigenvalue weighted by molar-refractivity contribution is -0.218. The fourth-order valence-corrected chi connectivity index (χ4v) is 6.88. The van der Waals surface area contributed by atoms with Crippen molar-refractivity contribution < 1.29 is 46.3 Å². The lowest BCUT2D eigenvalue weighted by atomic mass is 9.84. The van der Waals surface area contributed by atoms with E-state index in [1.54, 1.807) is 12.1 Å². The number of aromatic nitrogens is 1. The minimum absolute atomic E-state index is 0.0575. The number of amides is 2. The number of nitrogens with one attached hydrogen (secondary N) is 3. The topological polar surface area (TPSA) is 282 Å². The number of aryl methyl sites for hydroxylation is 1. The summed E-state index contributed by atoms with van der Waals surface area (Å²) in [6.07, 6.45) is 3.08. The van der Waals surface area contributed by atoms with Crippen molar-refractivity contribution in [2.24, 2.45) is 10.9 Å². The van der Waals surface area contributed by atoms with Crippen molar-refractivity contribution in [1.29, 1.82) is 5.41 Å². The van der Waals surface area contributed by atoms with Gasteiger partial charge in [0, 0.05) is 23.0 Å². The molecule has 3 aliphatic rings. The van der Waals surface area contributed by atoms with E-state index in [2.05, 4.69) is 25.1 Å². The second-order valence-electron chi connectivity index (χ2n) is 12.8. The Morgan fingerprint density at radius 2 is 1.92 bits per heavy atom. The number of carbonyl (C=O) groups excluding carboxylic acids is 2. The molecule has 2 fully saturated rings. The number of rotatable bonds is 11. The normalized spacial score (nSPS) is 24.8. The van der Waals surface area contributed by atoms with Gasteiger partial charge in [-0.25, -0.2) is 9.78 Å². The molecule has 2 amide bonds. The largest absolute Gasteiger partial charge is 0.485 e. The van der Waals surface area contributed by atoms with E-state index in [1.807, 2.05) is 6.07 Å². The first-order chi connectivity index (χ1) is 22.9. The quantitative estimate of drug-likeness (QED) is 0.0553. The van der Waals surface area contributed by atoms with Crippen molar-refractivity contribution in [2.45, 2.75) is 94.7 Å². The van der Waals surface area contributed by atoms with Crippen LogP contribution < -0.4 is 26.8 Å². The summed E-state index contributed by atoms with van der Waals surface area (Å²) in [6.45, 7) is 3.98. The minimum Gasteiger partial charge on any atom is -0.485 e. The van der Waals surface area contributed by atoms with Crippen LogP contribution in [0.5, 0.6) is 5.75 Å². The molecule has 3 atom stereocenters. The first-order valence-electron chi connectivity index (χ1n) is 15.3. The Bertz CT molecular complexity index is 1790. The lowest BCUT2D eigenvalue weighted by Gasteiger charge is -2.50. The van der Waals surface area contributed by atoms with Crippen molar-refractivity contribution in [3.63, 3.8) is 0 Å². The van der Waals surface area contributed by atoms with Crippen LogP contribution in [0, 0.1) is 5.41 Å². The van der Waals surface area contributed by atoms with E-state index in [9.17, 15) is 27.9 Å². The number of oxime groups is 1. The SMILES string of the molecule is CC1(C)[C@H](NC(=O)/C(=N\O[C@](C)(C(=O)O)[C@H]2CCc3cc(C(=N)N[C@H]4CC[C@@H](N)CC4)ccc3O2)c2csc(N)n2)C(=O)N1OS(=O)(=O)O. The number of ether oxygens (including phenoxy) is 1. The Kier molecular flexibility index (Phi) is 9.90. The van der Waals surface area contributed by atoms with Gasteiger partial charge in [0.2, 0.25) is 0 Å². The number of fused-ring (bicyclic) bond motifs is 1. The summed E-state index contributed by atoms with van der Waals surface area (Å²) in [5.41, 5.74) is 9.03. The number of nitrogens with two attached hydrogens (primary N) is 2. The van der Waals surface area contributed by atoms with Crippen LogP contribution >= 0.6 is 11.3 Å². The van der Waals surface area contributed by atoms with Gasteiger partial charge in [-0.3, -0.25) is 19.6 Å². The van der Waals surface area contributed by atoms with Gasteiger partial charge in [-0.1, -0.05) is 5.16 Å². The third kappa shape index (κ3) is 7.62. The van der Waals surface area contributed by atoms with Gasteiger partial charge in [0.15, 0.2) is 16.9 Å². The number of hydrogen-bond donors (Lipinski definition) is 7. The number of anilines is 1. The molecule has 0 unspecified atom stereocenters. The van der Waals surface area contributed by atoms with Gasteiger partial charge in [-0.05, 0) is 83.1 Å². The molecule has 1 saturated heterocycles. The highest BCUT2D eigenvalue weighted by Gasteiger charge is 2.58. The van der Waals surface area contributed by atoms with E-state index in [1.165, 1.54) is 26.2 Å². The predicted molar refractivity (Wildman–Crippen MR) is 175 cm³/mol. The van der Waals surface area contributed by atoms with Crippen LogP contribution in [0.2, 0.25) is 0 Å². The monoisotopic (exact) mass is 722 g/mol. The second-order valence-corrected chi connectivity index (χ2v) is 14.7. The van der Waals surface area contributed by atoms with Gasteiger partial charge in [0.1, 0.15) is 23.3 Å². The fourth-order valence-electron chi connectivity index (χ4n) is 5.88. The van der Waals surface area contributed by atoms with E-state index < -0.39 is 57.2 Å². The van der Waals surface area contributed by atoms with E-state index in [4.69, 9.17) is 31.0 Å². The summed E-state index contributed by atoms with van der Waals surface area (Å²) in [6, 6.07) is 4.22. The van der Waals surface area contributed by atoms with Gasteiger partial charge in [0.05, 0.1) is 5.54 Å². The smallest absolute Gasteiger partial charge is 0.418 e. The molecule has 2 aromatic rings. The van der Waals surface area contributed by atoms with Gasteiger partial charge >= 0.3 is 16.4 Å². The standard InChI is InChI=1S/C29H38N8O10S2/c1-28(2)22(25(39)37(28)47-49(42,43)44)35-24(38)21(18-13-48-27(32)34-18)36-46-29(3,26(40)41)20-11-5-14-12-15(4-10-19(14)45-20)23(31)33-17-8-6-16(30)7-9-17/h4,10,12-13,16-17,20,22H,5-9,11,30H2,1-3H3,(H2,31,33)(H2,32,34)(H,35,38)(H,40,41)(H,42,43,44)/b36-21-/t16-,17+,20-,22-,29+/m1/s1. The summed E-state index contributed by atoms with van der Waals surface area (Å²) in [7, 11) is -5.03. The molecule has 0 spiro atoms. The van der Waals surface area contributed by atoms with Crippen LogP contribution in [-0.2, 0) is 40.3 Å². The zero-order valence-corrected chi connectivity index (χ0v) is 28.5. The Morgan fingerprint density at radius 1 is 1.22 bits per heavy atom. The predicted octanol–water partition coefficient (Wildman–Crippen LogP) is 0.708. The van der Waals surface area contributed by atoms with E-state index in [-0.39, 0.29) is 35.2 Å². The number of carbonyl (C=O) groups is 3. The number of amidine groups is 1. The van der Waals surface area contributed by atoms with Gasteiger partial charge < -0.3 is 36.8 Å². The zero-order chi connectivity index (χ0) is 35.9. The van der Waals surface area contributed by atoms with E-state index in [0.717, 1.165) is 42.6 Å². The van der Waals surface area contributed by atoms with Gasteiger partial charge in [-0.15, -0.1) is 15.6 Å². The Balaban J connectivity index is 1.32. The van der Waals surface area contributed by atoms with Crippen LogP contribution in [0.25, 0.3) is 0 Å². The molecular weight excluding hydrogens is 684 g/mol. The Morgan fingerprint density at radius 3 is 2.51 bits per heavy atom. The number of nitrogen functional groups attached to an aromatic ring is 1. The molecule has 3 heterocycles. The maximum absolute atomic E-state index is 13.5. The molecule has 1 aromatic heterocycles. The molecule has 0 bridgehead atoms. The van der Waals surface area contributed by atoms with Crippen LogP contribution in [0.4, 0.5) is 5.13 Å². The highest BCUT2D eigenvalue weighted by Crippen LogP contribution is 2.35. The van der Waals surface area contributed by atoms with Crippen molar-refractivity contribution in [1.82, 2.24) is 20.7 Å². The fraction of sp³-hybridized carbons (Fsp3) is 0.517. The van der Waals surface area contributed by atoms with Crippen LogP contribution in [0.3, 0.4) is 0 Å². The summed E-state index contributed by atoms with van der Waals surface area (Å²) in [4.78, 5) is 48.3. The summed E-state index contributed by atoms with van der Waals surface area (Å²) >= 11 is 0.964. The summed E-state index contributed by atoms with van der Waals surface area (Å²) in [5, 5.41) is 30.2.